The predicted molar refractivity (Wildman–Crippen MR) is 79.8 cm³/mol. The molecule has 1 aliphatic heterocycles. The summed E-state index contributed by atoms with van der Waals surface area (Å²) in [4.78, 5) is 13.2. The normalized spacial score (nSPS) is 13.5. The number of carbonyl (C=O) groups is 1. The standard InChI is InChI=1S/C15H15N3O2/c16-11-2-1-3-12(9-11)18-7-6-17-13-5-4-10(15(19)20)8-14(13)18/h1-5,8-9,17H,6-7,16H2,(H,19,20). The summed E-state index contributed by atoms with van der Waals surface area (Å²) in [7, 11) is 0. The third-order valence-corrected chi connectivity index (χ3v) is 3.37. The minimum absolute atomic E-state index is 0.279. The van der Waals surface area contributed by atoms with Gasteiger partial charge in [-0.05, 0) is 36.4 Å². The van der Waals surface area contributed by atoms with Crippen molar-refractivity contribution in [3.63, 3.8) is 0 Å². The molecule has 0 saturated heterocycles. The quantitative estimate of drug-likeness (QED) is 0.730. The lowest BCUT2D eigenvalue weighted by molar-refractivity contribution is 0.0697. The molecular weight excluding hydrogens is 254 g/mol. The highest BCUT2D eigenvalue weighted by molar-refractivity contribution is 5.92. The molecule has 2 aromatic carbocycles. The molecule has 0 fully saturated rings. The van der Waals surface area contributed by atoms with E-state index in [9.17, 15) is 4.79 Å². The molecule has 0 bridgehead atoms. The summed E-state index contributed by atoms with van der Waals surface area (Å²) in [5.74, 6) is -0.925. The lowest BCUT2D eigenvalue weighted by Crippen LogP contribution is -2.30. The number of nitrogens with zero attached hydrogens (tertiary/aromatic N) is 1. The van der Waals surface area contributed by atoms with Crippen molar-refractivity contribution < 1.29 is 9.90 Å². The van der Waals surface area contributed by atoms with Crippen LogP contribution in [0.15, 0.2) is 42.5 Å². The van der Waals surface area contributed by atoms with Crippen molar-refractivity contribution in [1.29, 1.82) is 0 Å². The van der Waals surface area contributed by atoms with Crippen molar-refractivity contribution in [2.75, 3.05) is 29.0 Å². The maximum Gasteiger partial charge on any atom is 0.335 e. The molecule has 2 aromatic rings. The lowest BCUT2D eigenvalue weighted by atomic mass is 10.1. The number of anilines is 4. The van der Waals surface area contributed by atoms with Gasteiger partial charge in [-0.15, -0.1) is 0 Å². The van der Waals surface area contributed by atoms with Crippen LogP contribution >= 0.6 is 0 Å². The highest BCUT2D eigenvalue weighted by Crippen LogP contribution is 2.35. The fraction of sp³-hybridized carbons (Fsp3) is 0.133. The second kappa shape index (κ2) is 4.77. The van der Waals surface area contributed by atoms with E-state index in [-0.39, 0.29) is 5.56 Å². The maximum atomic E-state index is 11.1. The fourth-order valence-electron chi connectivity index (χ4n) is 2.42. The Labute approximate surface area is 116 Å². The molecule has 0 atom stereocenters. The van der Waals surface area contributed by atoms with Crippen LogP contribution in [0, 0.1) is 0 Å². The average Bonchev–Trinajstić information content (AvgIpc) is 2.46. The van der Waals surface area contributed by atoms with Crippen LogP contribution in [-0.4, -0.2) is 24.2 Å². The molecule has 3 rings (SSSR count). The zero-order valence-electron chi connectivity index (χ0n) is 10.8. The molecule has 0 radical (unpaired) electrons. The number of nitrogen functional groups attached to an aromatic ring is 1. The number of rotatable bonds is 2. The summed E-state index contributed by atoms with van der Waals surface area (Å²) in [5.41, 5.74) is 9.56. The fourth-order valence-corrected chi connectivity index (χ4v) is 2.42. The van der Waals surface area contributed by atoms with Crippen LogP contribution in [0.3, 0.4) is 0 Å². The number of carboxylic acid groups (broad SMARTS) is 1. The number of carboxylic acids is 1. The van der Waals surface area contributed by atoms with E-state index in [1.54, 1.807) is 18.2 Å². The molecule has 1 heterocycles. The third kappa shape index (κ3) is 2.14. The molecule has 20 heavy (non-hydrogen) atoms. The van der Waals surface area contributed by atoms with Crippen molar-refractivity contribution in [2.45, 2.75) is 0 Å². The van der Waals surface area contributed by atoms with Crippen LogP contribution in [0.1, 0.15) is 10.4 Å². The zero-order valence-corrected chi connectivity index (χ0v) is 10.8. The average molecular weight is 269 g/mol. The molecule has 0 aliphatic carbocycles. The topological polar surface area (TPSA) is 78.6 Å². The molecule has 5 heteroatoms. The van der Waals surface area contributed by atoms with Gasteiger partial charge in [0.1, 0.15) is 0 Å². The number of fused-ring (bicyclic) bond motifs is 1. The third-order valence-electron chi connectivity index (χ3n) is 3.37. The Morgan fingerprint density at radius 1 is 1.25 bits per heavy atom. The number of hydrogen-bond donors (Lipinski definition) is 3. The van der Waals surface area contributed by atoms with Crippen LogP contribution < -0.4 is 16.0 Å². The number of hydrogen-bond acceptors (Lipinski definition) is 4. The Morgan fingerprint density at radius 2 is 2.10 bits per heavy atom. The van der Waals surface area contributed by atoms with Gasteiger partial charge in [-0.3, -0.25) is 0 Å². The van der Waals surface area contributed by atoms with Gasteiger partial charge in [0.25, 0.3) is 0 Å². The Hall–Kier alpha value is -2.69. The number of nitrogens with two attached hydrogens (primary N) is 1. The maximum absolute atomic E-state index is 11.1. The Bertz CT molecular complexity index is 670. The highest BCUT2D eigenvalue weighted by atomic mass is 16.4. The van der Waals surface area contributed by atoms with Crippen LogP contribution in [0.4, 0.5) is 22.7 Å². The zero-order chi connectivity index (χ0) is 14.1. The Kier molecular flexibility index (Phi) is 2.95. The molecule has 0 unspecified atom stereocenters. The summed E-state index contributed by atoms with van der Waals surface area (Å²) in [5, 5.41) is 12.4. The van der Waals surface area contributed by atoms with Crippen LogP contribution in [0.25, 0.3) is 0 Å². The molecule has 0 saturated carbocycles. The molecule has 1 aliphatic rings. The molecule has 0 spiro atoms. The molecule has 5 nitrogen and oxygen atoms in total. The van der Waals surface area contributed by atoms with E-state index in [2.05, 4.69) is 10.2 Å². The first-order chi connectivity index (χ1) is 9.65. The predicted octanol–water partition coefficient (Wildman–Crippen LogP) is 2.53. The van der Waals surface area contributed by atoms with Crippen LogP contribution in [0.2, 0.25) is 0 Å². The van der Waals surface area contributed by atoms with E-state index in [1.165, 1.54) is 0 Å². The molecule has 0 amide bonds. The summed E-state index contributed by atoms with van der Waals surface area (Å²) >= 11 is 0. The smallest absolute Gasteiger partial charge is 0.335 e. The summed E-state index contributed by atoms with van der Waals surface area (Å²) < 4.78 is 0. The van der Waals surface area contributed by atoms with Crippen molar-refractivity contribution >= 4 is 28.7 Å². The van der Waals surface area contributed by atoms with Crippen molar-refractivity contribution in [3.05, 3.63) is 48.0 Å². The monoisotopic (exact) mass is 269 g/mol. The van der Waals surface area contributed by atoms with Gasteiger partial charge in [-0.1, -0.05) is 6.07 Å². The van der Waals surface area contributed by atoms with Crippen molar-refractivity contribution in [2.24, 2.45) is 0 Å². The first kappa shape index (κ1) is 12.3. The van der Waals surface area contributed by atoms with E-state index >= 15 is 0 Å². The van der Waals surface area contributed by atoms with Crippen LogP contribution in [-0.2, 0) is 0 Å². The molecule has 4 N–H and O–H groups in total. The Morgan fingerprint density at radius 3 is 2.85 bits per heavy atom. The summed E-state index contributed by atoms with van der Waals surface area (Å²) in [6.07, 6.45) is 0. The minimum Gasteiger partial charge on any atom is -0.478 e. The highest BCUT2D eigenvalue weighted by Gasteiger charge is 2.19. The first-order valence-electron chi connectivity index (χ1n) is 6.39. The second-order valence-electron chi connectivity index (χ2n) is 4.71. The molecule has 102 valence electrons. The van der Waals surface area contributed by atoms with Gasteiger partial charge >= 0.3 is 5.97 Å². The lowest BCUT2D eigenvalue weighted by Gasteiger charge is -2.32. The van der Waals surface area contributed by atoms with E-state index in [0.717, 1.165) is 30.2 Å². The number of aromatic carboxylic acids is 1. The van der Waals surface area contributed by atoms with Gasteiger partial charge in [0.2, 0.25) is 0 Å². The first-order valence-corrected chi connectivity index (χ1v) is 6.39. The van der Waals surface area contributed by atoms with Gasteiger partial charge in [-0.2, -0.15) is 0 Å². The van der Waals surface area contributed by atoms with E-state index in [1.807, 2.05) is 24.3 Å². The van der Waals surface area contributed by atoms with Crippen LogP contribution in [0.5, 0.6) is 0 Å². The largest absolute Gasteiger partial charge is 0.478 e. The Balaban J connectivity index is 2.08. The summed E-state index contributed by atoms with van der Waals surface area (Å²) in [6.45, 7) is 1.56. The van der Waals surface area contributed by atoms with Gasteiger partial charge < -0.3 is 21.1 Å². The van der Waals surface area contributed by atoms with Gasteiger partial charge in [-0.25, -0.2) is 4.79 Å². The number of nitrogens with one attached hydrogen (secondary N) is 1. The number of benzene rings is 2. The summed E-state index contributed by atoms with van der Waals surface area (Å²) in [6, 6.07) is 12.7. The van der Waals surface area contributed by atoms with Gasteiger partial charge in [0, 0.05) is 24.5 Å². The minimum atomic E-state index is -0.925. The van der Waals surface area contributed by atoms with Gasteiger partial charge in [0.05, 0.1) is 16.9 Å². The van der Waals surface area contributed by atoms with E-state index in [4.69, 9.17) is 10.8 Å². The van der Waals surface area contributed by atoms with Gasteiger partial charge in [0.15, 0.2) is 0 Å². The second-order valence-corrected chi connectivity index (χ2v) is 4.71. The van der Waals surface area contributed by atoms with E-state index in [0.29, 0.717) is 5.69 Å². The molecular formula is C15H15N3O2. The van der Waals surface area contributed by atoms with E-state index < -0.39 is 5.97 Å². The SMILES string of the molecule is Nc1cccc(N2CCNc3ccc(C(=O)O)cc32)c1. The molecule has 0 aromatic heterocycles. The van der Waals surface area contributed by atoms with Crippen molar-refractivity contribution in [1.82, 2.24) is 0 Å². The van der Waals surface area contributed by atoms with Crippen molar-refractivity contribution in [3.8, 4) is 0 Å².